The third-order valence-corrected chi connectivity index (χ3v) is 3.48. The topological polar surface area (TPSA) is 52.6 Å². The van der Waals surface area contributed by atoms with Gasteiger partial charge in [0.1, 0.15) is 0 Å². The first kappa shape index (κ1) is 18.0. The van der Waals surface area contributed by atoms with Gasteiger partial charge in [-0.25, -0.2) is 0 Å². The fourth-order valence-electron chi connectivity index (χ4n) is 2.13. The summed E-state index contributed by atoms with van der Waals surface area (Å²) in [6.07, 6.45) is 0.160. The van der Waals surface area contributed by atoms with Gasteiger partial charge < -0.3 is 9.47 Å². The van der Waals surface area contributed by atoms with Crippen molar-refractivity contribution < 1.29 is 19.1 Å². The Morgan fingerprint density at radius 3 is 1.91 bits per heavy atom. The van der Waals surface area contributed by atoms with Crippen molar-refractivity contribution in [3.05, 3.63) is 42.0 Å². The molecule has 0 N–H and O–H groups in total. The van der Waals surface area contributed by atoms with Gasteiger partial charge in [-0.15, -0.1) is 0 Å². The van der Waals surface area contributed by atoms with Gasteiger partial charge in [-0.05, 0) is 45.3 Å². The highest BCUT2D eigenvalue weighted by Crippen LogP contribution is 2.33. The van der Waals surface area contributed by atoms with E-state index >= 15 is 0 Å². The number of esters is 2. The van der Waals surface area contributed by atoms with E-state index in [-0.39, 0.29) is 19.6 Å². The minimum atomic E-state index is -1.38. The Kier molecular flexibility index (Phi) is 6.35. The maximum atomic E-state index is 12.2. The fourth-order valence-corrected chi connectivity index (χ4v) is 2.13. The molecular weight excluding hydrogens is 280 g/mol. The predicted molar refractivity (Wildman–Crippen MR) is 86.2 cm³/mol. The van der Waals surface area contributed by atoms with Gasteiger partial charge in [0.05, 0.1) is 13.2 Å². The van der Waals surface area contributed by atoms with Gasteiger partial charge >= 0.3 is 11.9 Å². The molecule has 0 bridgehead atoms. The summed E-state index contributed by atoms with van der Waals surface area (Å²) in [4.78, 5) is 24.5. The van der Waals surface area contributed by atoms with Gasteiger partial charge in [-0.2, -0.15) is 0 Å². The van der Waals surface area contributed by atoms with Crippen LogP contribution in [-0.4, -0.2) is 25.2 Å². The van der Waals surface area contributed by atoms with Crippen LogP contribution in [0.4, 0.5) is 0 Å². The molecule has 0 radical (unpaired) electrons. The minimum absolute atomic E-state index is 0.160. The summed E-state index contributed by atoms with van der Waals surface area (Å²) in [6.45, 7) is 11.4. The summed E-state index contributed by atoms with van der Waals surface area (Å²) < 4.78 is 10.1. The zero-order chi connectivity index (χ0) is 16.8. The number of rotatable bonds is 7. The monoisotopic (exact) mass is 304 g/mol. The van der Waals surface area contributed by atoms with Crippen LogP contribution in [0.5, 0.6) is 0 Å². The van der Waals surface area contributed by atoms with Crippen molar-refractivity contribution in [1.82, 2.24) is 0 Å². The van der Waals surface area contributed by atoms with E-state index < -0.39 is 17.4 Å². The largest absolute Gasteiger partial charge is 0.465 e. The maximum Gasteiger partial charge on any atom is 0.323 e. The highest BCUT2D eigenvalue weighted by atomic mass is 16.6. The molecule has 0 saturated heterocycles. The highest BCUT2D eigenvalue weighted by Gasteiger charge is 2.44. The maximum absolute atomic E-state index is 12.2. The van der Waals surface area contributed by atoms with Gasteiger partial charge in [0.15, 0.2) is 5.41 Å². The summed E-state index contributed by atoms with van der Waals surface area (Å²) in [5.41, 5.74) is 1.35. The zero-order valence-electron chi connectivity index (χ0n) is 13.8. The smallest absolute Gasteiger partial charge is 0.323 e. The Labute approximate surface area is 132 Å². The van der Waals surface area contributed by atoms with E-state index in [1.54, 1.807) is 20.8 Å². The quantitative estimate of drug-likeness (QED) is 0.571. The molecule has 1 rings (SSSR count). The normalized spacial score (nSPS) is 10.9. The van der Waals surface area contributed by atoms with Gasteiger partial charge in [-0.3, -0.25) is 9.59 Å². The van der Waals surface area contributed by atoms with Crippen molar-refractivity contribution in [1.29, 1.82) is 0 Å². The van der Waals surface area contributed by atoms with Crippen LogP contribution in [0.25, 0.3) is 5.57 Å². The van der Waals surface area contributed by atoms with E-state index in [4.69, 9.17) is 9.47 Å². The summed E-state index contributed by atoms with van der Waals surface area (Å²) in [5.74, 6) is -1.16. The second-order valence-corrected chi connectivity index (χ2v) is 5.42. The van der Waals surface area contributed by atoms with E-state index in [0.29, 0.717) is 5.57 Å². The van der Waals surface area contributed by atoms with Crippen molar-refractivity contribution in [3.8, 4) is 0 Å². The molecule has 0 amide bonds. The zero-order valence-corrected chi connectivity index (χ0v) is 13.8. The molecule has 0 aliphatic heterocycles. The molecule has 0 saturated carbocycles. The number of hydrogen-bond acceptors (Lipinski definition) is 4. The van der Waals surface area contributed by atoms with Crippen LogP contribution in [0, 0.1) is 12.3 Å². The van der Waals surface area contributed by atoms with E-state index in [9.17, 15) is 9.59 Å². The summed E-state index contributed by atoms with van der Waals surface area (Å²) in [7, 11) is 0. The van der Waals surface area contributed by atoms with Crippen LogP contribution >= 0.6 is 0 Å². The molecule has 0 aliphatic carbocycles. The average Bonchev–Trinajstić information content (AvgIpc) is 2.48. The molecule has 1 aromatic carbocycles. The molecule has 0 spiro atoms. The number of ether oxygens (including phenoxy) is 2. The number of benzene rings is 1. The number of aryl methyl sites for hydroxylation is 1. The van der Waals surface area contributed by atoms with Crippen molar-refractivity contribution in [3.63, 3.8) is 0 Å². The third kappa shape index (κ3) is 4.20. The van der Waals surface area contributed by atoms with Crippen molar-refractivity contribution in [2.45, 2.75) is 34.1 Å². The first-order chi connectivity index (χ1) is 10.3. The van der Waals surface area contributed by atoms with E-state index in [2.05, 4.69) is 6.58 Å². The molecule has 0 unspecified atom stereocenters. The molecule has 0 aliphatic rings. The lowest BCUT2D eigenvalue weighted by atomic mass is 9.82. The molecule has 0 fully saturated rings. The Morgan fingerprint density at radius 2 is 1.50 bits per heavy atom. The van der Waals surface area contributed by atoms with Crippen LogP contribution in [0.15, 0.2) is 30.8 Å². The molecule has 4 nitrogen and oxygen atoms in total. The van der Waals surface area contributed by atoms with Crippen LogP contribution in [0.3, 0.4) is 0 Å². The van der Waals surface area contributed by atoms with Crippen molar-refractivity contribution in [2.75, 3.05) is 13.2 Å². The first-order valence-corrected chi connectivity index (χ1v) is 7.44. The fraction of sp³-hybridized carbons (Fsp3) is 0.444. The molecule has 1 aromatic rings. The lowest BCUT2D eigenvalue weighted by Crippen LogP contribution is -2.39. The summed E-state index contributed by atoms with van der Waals surface area (Å²) >= 11 is 0. The van der Waals surface area contributed by atoms with Crippen LogP contribution < -0.4 is 0 Å². The number of carbonyl (C=O) groups is 2. The molecule has 4 heteroatoms. The van der Waals surface area contributed by atoms with E-state index in [0.717, 1.165) is 11.1 Å². The van der Waals surface area contributed by atoms with Crippen LogP contribution in [-0.2, 0) is 19.1 Å². The lowest BCUT2D eigenvalue weighted by molar-refractivity contribution is -0.170. The highest BCUT2D eigenvalue weighted by molar-refractivity contribution is 6.01. The summed E-state index contributed by atoms with van der Waals surface area (Å²) in [6, 6.07) is 7.78. The third-order valence-electron chi connectivity index (χ3n) is 3.48. The first-order valence-electron chi connectivity index (χ1n) is 7.44. The van der Waals surface area contributed by atoms with Crippen LogP contribution in [0.1, 0.15) is 38.3 Å². The van der Waals surface area contributed by atoms with Crippen LogP contribution in [0.2, 0.25) is 0 Å². The number of allylic oxidation sites excluding steroid dienone is 1. The predicted octanol–water partition coefficient (Wildman–Crippen LogP) is 3.53. The minimum Gasteiger partial charge on any atom is -0.465 e. The second kappa shape index (κ2) is 7.78. The molecule has 0 heterocycles. The molecule has 0 atom stereocenters. The van der Waals surface area contributed by atoms with Gasteiger partial charge in [0.2, 0.25) is 0 Å². The van der Waals surface area contributed by atoms with E-state index in [1.165, 1.54) is 0 Å². The average molecular weight is 304 g/mol. The number of carbonyl (C=O) groups excluding carboxylic acids is 2. The Bertz CT molecular complexity index is 525. The standard InChI is InChI=1S/C18H24O4/c1-6-21-16(19)18(5,17(20)22-7-2)12-14(4)15-10-8-13(3)9-11-15/h8-11H,4,6-7,12H2,1-3,5H3. The van der Waals surface area contributed by atoms with Gasteiger partial charge in [0.25, 0.3) is 0 Å². The molecule has 22 heavy (non-hydrogen) atoms. The van der Waals surface area contributed by atoms with Crippen molar-refractivity contribution >= 4 is 17.5 Å². The molecule has 0 aromatic heterocycles. The second-order valence-electron chi connectivity index (χ2n) is 5.42. The van der Waals surface area contributed by atoms with E-state index in [1.807, 2.05) is 31.2 Å². The summed E-state index contributed by atoms with van der Waals surface area (Å²) in [5, 5.41) is 0. The molecule has 120 valence electrons. The Balaban J connectivity index is 3.01. The van der Waals surface area contributed by atoms with Crippen molar-refractivity contribution in [2.24, 2.45) is 5.41 Å². The van der Waals surface area contributed by atoms with Gasteiger partial charge in [-0.1, -0.05) is 36.4 Å². The molecular formula is C18H24O4. The SMILES string of the molecule is C=C(CC(C)(C(=O)OCC)C(=O)OCC)c1ccc(C)cc1. The lowest BCUT2D eigenvalue weighted by Gasteiger charge is -2.26. The Morgan fingerprint density at radius 1 is 1.05 bits per heavy atom. The number of hydrogen-bond donors (Lipinski definition) is 0. The van der Waals surface area contributed by atoms with Gasteiger partial charge in [0, 0.05) is 0 Å². The Hall–Kier alpha value is -2.10.